The van der Waals surface area contributed by atoms with E-state index in [-0.39, 0.29) is 10.6 Å². The zero-order valence-electron chi connectivity index (χ0n) is 16.3. The maximum Gasteiger partial charge on any atom is 0.367 e. The number of ether oxygens (including phenoxy) is 2. The summed E-state index contributed by atoms with van der Waals surface area (Å²) in [4.78, 5) is 19.6. The van der Waals surface area contributed by atoms with E-state index in [0.29, 0.717) is 10.7 Å². The third-order valence-electron chi connectivity index (χ3n) is 4.61. The van der Waals surface area contributed by atoms with E-state index >= 15 is 0 Å². The van der Waals surface area contributed by atoms with Crippen molar-refractivity contribution in [1.29, 1.82) is 0 Å². The molecule has 0 amide bonds. The van der Waals surface area contributed by atoms with Crippen LogP contribution in [-0.2, 0) is 16.1 Å². The van der Waals surface area contributed by atoms with E-state index in [9.17, 15) is 4.79 Å². The first kappa shape index (κ1) is 21.6. The second-order valence-corrected chi connectivity index (χ2v) is 7.44. The van der Waals surface area contributed by atoms with E-state index in [1.807, 2.05) is 18.2 Å². The van der Waals surface area contributed by atoms with Crippen LogP contribution in [0.25, 0.3) is 0 Å². The molecule has 0 saturated carbocycles. The fraction of sp³-hybridized carbons (Fsp3) is 0.333. The van der Waals surface area contributed by atoms with Gasteiger partial charge in [-0.25, -0.2) is 4.79 Å². The molecule has 8 heteroatoms. The summed E-state index contributed by atoms with van der Waals surface area (Å²) < 4.78 is 10.9. The zero-order valence-corrected chi connectivity index (χ0v) is 17.8. The molecule has 1 saturated heterocycles. The smallest absolute Gasteiger partial charge is 0.367 e. The van der Waals surface area contributed by atoms with Crippen molar-refractivity contribution in [2.45, 2.75) is 13.5 Å². The summed E-state index contributed by atoms with van der Waals surface area (Å²) >= 11 is 11.9. The molecule has 0 spiro atoms. The third kappa shape index (κ3) is 5.70. The Morgan fingerprint density at radius 3 is 2.62 bits per heavy atom. The van der Waals surface area contributed by atoms with Gasteiger partial charge in [0.05, 0.1) is 36.6 Å². The zero-order chi connectivity index (χ0) is 20.8. The minimum atomic E-state index is -0.645. The highest BCUT2D eigenvalue weighted by atomic mass is 35.5. The third-order valence-corrected chi connectivity index (χ3v) is 5.16. The molecule has 0 bridgehead atoms. The summed E-state index contributed by atoms with van der Waals surface area (Å²) in [5, 5.41) is 4.64. The molecule has 0 N–H and O–H groups in total. The van der Waals surface area contributed by atoms with Crippen LogP contribution in [0.1, 0.15) is 28.4 Å². The molecule has 154 valence electrons. The molecule has 2 aromatic rings. The van der Waals surface area contributed by atoms with Gasteiger partial charge in [0.2, 0.25) is 0 Å². The van der Waals surface area contributed by atoms with Crippen LogP contribution in [0, 0.1) is 0 Å². The van der Waals surface area contributed by atoms with E-state index in [1.165, 1.54) is 12.1 Å². The van der Waals surface area contributed by atoms with Crippen LogP contribution >= 0.6 is 23.2 Å². The Labute approximate surface area is 179 Å². The highest BCUT2D eigenvalue weighted by molar-refractivity contribution is 6.36. The molecule has 1 aliphatic rings. The minimum Gasteiger partial charge on any atom is -0.496 e. The number of oxime groups is 1. The Hall–Kier alpha value is -2.12. The first-order valence-corrected chi connectivity index (χ1v) is 9.92. The van der Waals surface area contributed by atoms with Gasteiger partial charge in [0, 0.05) is 30.2 Å². The Bertz CT molecular complexity index is 912. The number of hydrogen-bond acceptors (Lipinski definition) is 6. The van der Waals surface area contributed by atoms with Crippen molar-refractivity contribution in [2.75, 3.05) is 33.4 Å². The number of morpholine rings is 1. The van der Waals surface area contributed by atoms with Gasteiger partial charge in [0.15, 0.2) is 0 Å². The van der Waals surface area contributed by atoms with Crippen LogP contribution in [-0.4, -0.2) is 50.0 Å². The molecule has 3 rings (SSSR count). The highest BCUT2D eigenvalue weighted by Gasteiger charge is 2.16. The Kier molecular flexibility index (Phi) is 7.50. The maximum atomic E-state index is 12.2. The first-order chi connectivity index (χ1) is 14.0. The fourth-order valence-electron chi connectivity index (χ4n) is 2.99. The lowest BCUT2D eigenvalue weighted by atomic mass is 10.1. The number of halogens is 2. The molecule has 1 fully saturated rings. The molecule has 0 aromatic heterocycles. The molecule has 0 unspecified atom stereocenters. The number of nitrogens with zero attached hydrogens (tertiary/aromatic N) is 2. The highest BCUT2D eigenvalue weighted by Crippen LogP contribution is 2.24. The van der Waals surface area contributed by atoms with Gasteiger partial charge in [0.1, 0.15) is 5.75 Å². The van der Waals surface area contributed by atoms with Crippen LogP contribution in [0.15, 0.2) is 41.6 Å². The summed E-state index contributed by atoms with van der Waals surface area (Å²) in [6, 6.07) is 10.3. The number of carbonyl (C=O) groups excluding carboxylic acids is 1. The summed E-state index contributed by atoms with van der Waals surface area (Å²) in [6.45, 7) is 5.72. The largest absolute Gasteiger partial charge is 0.496 e. The van der Waals surface area contributed by atoms with E-state index in [0.717, 1.165) is 49.7 Å². The second kappa shape index (κ2) is 10.1. The molecular formula is C21H22Cl2N2O4. The maximum absolute atomic E-state index is 12.2. The SMILES string of the molecule is COc1ccc(/C(C)=N/OC(=O)c2ccc(Cl)cc2Cl)cc1CN1CCOCC1. The standard InChI is InChI=1S/C21H22Cl2N2O4/c1-14(24-29-21(26)18-5-4-17(22)12-19(18)23)15-3-6-20(27-2)16(11-15)13-25-7-9-28-10-8-25/h3-6,11-12H,7-10,13H2,1-2H3/b24-14+. The van der Waals surface area contributed by atoms with Crippen molar-refractivity contribution in [2.24, 2.45) is 5.16 Å². The second-order valence-electron chi connectivity index (χ2n) is 6.59. The van der Waals surface area contributed by atoms with Crippen molar-refractivity contribution in [3.8, 4) is 5.75 Å². The molecule has 29 heavy (non-hydrogen) atoms. The van der Waals surface area contributed by atoms with E-state index in [2.05, 4.69) is 10.1 Å². The van der Waals surface area contributed by atoms with E-state index in [4.69, 9.17) is 37.5 Å². The molecule has 6 nitrogen and oxygen atoms in total. The van der Waals surface area contributed by atoms with Crippen LogP contribution in [0.4, 0.5) is 0 Å². The Balaban J connectivity index is 1.74. The quantitative estimate of drug-likeness (QED) is 0.381. The van der Waals surface area contributed by atoms with Crippen molar-refractivity contribution in [1.82, 2.24) is 4.90 Å². The molecule has 1 aliphatic heterocycles. The van der Waals surface area contributed by atoms with Gasteiger partial charge in [-0.1, -0.05) is 28.4 Å². The van der Waals surface area contributed by atoms with Crippen molar-refractivity contribution < 1.29 is 19.1 Å². The average Bonchev–Trinajstić information content (AvgIpc) is 2.72. The van der Waals surface area contributed by atoms with Gasteiger partial charge >= 0.3 is 5.97 Å². The number of hydrogen-bond donors (Lipinski definition) is 0. The molecule has 1 heterocycles. The predicted molar refractivity (Wildman–Crippen MR) is 113 cm³/mol. The van der Waals surface area contributed by atoms with Crippen LogP contribution in [0.3, 0.4) is 0 Å². The summed E-state index contributed by atoms with van der Waals surface area (Å²) in [5.74, 6) is 0.158. The van der Waals surface area contributed by atoms with Crippen molar-refractivity contribution in [3.05, 3.63) is 63.1 Å². The first-order valence-electron chi connectivity index (χ1n) is 9.16. The average molecular weight is 437 g/mol. The summed E-state index contributed by atoms with van der Waals surface area (Å²) in [7, 11) is 1.65. The van der Waals surface area contributed by atoms with Crippen LogP contribution in [0.2, 0.25) is 10.0 Å². The fourth-order valence-corrected chi connectivity index (χ4v) is 3.48. The molecule has 2 aromatic carbocycles. The van der Waals surface area contributed by atoms with Gasteiger partial charge in [0.25, 0.3) is 0 Å². The molecule has 0 radical (unpaired) electrons. The van der Waals surface area contributed by atoms with E-state index in [1.54, 1.807) is 20.1 Å². The van der Waals surface area contributed by atoms with Gasteiger partial charge < -0.3 is 14.3 Å². The Morgan fingerprint density at radius 2 is 1.93 bits per heavy atom. The normalized spacial score (nSPS) is 15.2. The van der Waals surface area contributed by atoms with Gasteiger partial charge in [-0.05, 0) is 48.9 Å². The number of benzene rings is 2. The molecule has 0 atom stereocenters. The predicted octanol–water partition coefficient (Wildman–Crippen LogP) is 4.42. The Morgan fingerprint density at radius 1 is 1.17 bits per heavy atom. The van der Waals surface area contributed by atoms with Crippen LogP contribution < -0.4 is 4.74 Å². The van der Waals surface area contributed by atoms with Gasteiger partial charge in [-0.15, -0.1) is 0 Å². The van der Waals surface area contributed by atoms with Gasteiger partial charge in [-0.3, -0.25) is 4.90 Å². The van der Waals surface area contributed by atoms with E-state index < -0.39 is 5.97 Å². The lowest BCUT2D eigenvalue weighted by Crippen LogP contribution is -2.35. The van der Waals surface area contributed by atoms with Crippen molar-refractivity contribution in [3.63, 3.8) is 0 Å². The summed E-state index contributed by atoms with van der Waals surface area (Å²) in [5.41, 5.74) is 2.64. The minimum absolute atomic E-state index is 0.204. The molecular weight excluding hydrogens is 415 g/mol. The van der Waals surface area contributed by atoms with Crippen molar-refractivity contribution >= 4 is 34.9 Å². The number of rotatable bonds is 6. The topological polar surface area (TPSA) is 60.4 Å². The monoisotopic (exact) mass is 436 g/mol. The van der Waals surface area contributed by atoms with Crippen LogP contribution in [0.5, 0.6) is 5.75 Å². The number of carbonyl (C=O) groups is 1. The van der Waals surface area contributed by atoms with Gasteiger partial charge in [-0.2, -0.15) is 0 Å². The number of methoxy groups -OCH3 is 1. The lowest BCUT2D eigenvalue weighted by molar-refractivity contribution is 0.0339. The summed E-state index contributed by atoms with van der Waals surface area (Å²) in [6.07, 6.45) is 0. The molecule has 0 aliphatic carbocycles. The lowest BCUT2D eigenvalue weighted by Gasteiger charge is -2.27.